The molecule has 6 nitrogen and oxygen atoms in total. The lowest BCUT2D eigenvalue weighted by Crippen LogP contribution is -2.24. The topological polar surface area (TPSA) is 86.1 Å². The second-order valence-electron chi connectivity index (χ2n) is 8.52. The van der Waals surface area contributed by atoms with Gasteiger partial charge in [-0.05, 0) is 62.1 Å². The summed E-state index contributed by atoms with van der Waals surface area (Å²) in [7, 11) is 0. The van der Waals surface area contributed by atoms with Crippen molar-refractivity contribution in [3.63, 3.8) is 0 Å². The maximum Gasteiger partial charge on any atom is 0.416 e. The van der Waals surface area contributed by atoms with Gasteiger partial charge in [-0.25, -0.2) is 4.98 Å². The Balaban J connectivity index is 0.00000145. The van der Waals surface area contributed by atoms with Crippen molar-refractivity contribution < 1.29 is 27.6 Å². The fraction of sp³-hybridized carbons (Fsp3) is 0.407. The molecule has 0 aliphatic heterocycles. The van der Waals surface area contributed by atoms with E-state index in [4.69, 9.17) is 9.59 Å². The number of alkyl halides is 3. The van der Waals surface area contributed by atoms with Crippen LogP contribution in [0.4, 0.5) is 13.2 Å². The van der Waals surface area contributed by atoms with E-state index >= 15 is 0 Å². The third kappa shape index (κ3) is 7.99. The Bertz CT molecular complexity index is 1280. The van der Waals surface area contributed by atoms with Gasteiger partial charge in [-0.15, -0.1) is 0 Å². The third-order valence-electron chi connectivity index (χ3n) is 5.69. The number of aromatic nitrogens is 2. The second-order valence-corrected chi connectivity index (χ2v) is 8.52. The van der Waals surface area contributed by atoms with Crippen LogP contribution < -0.4 is 5.56 Å². The highest BCUT2D eigenvalue weighted by Gasteiger charge is 2.30. The van der Waals surface area contributed by atoms with E-state index in [1.54, 1.807) is 18.2 Å². The van der Waals surface area contributed by atoms with Gasteiger partial charge in [0.05, 0.1) is 22.2 Å². The van der Waals surface area contributed by atoms with Gasteiger partial charge >= 0.3 is 12.3 Å². The zero-order valence-electron chi connectivity index (χ0n) is 20.4. The van der Waals surface area contributed by atoms with E-state index in [2.05, 4.69) is 11.9 Å². The van der Waals surface area contributed by atoms with Gasteiger partial charge < -0.3 is 0 Å². The molecule has 0 amide bonds. The molecule has 0 bridgehead atoms. The number of benzene rings is 2. The van der Waals surface area contributed by atoms with E-state index in [1.807, 2.05) is 6.92 Å². The van der Waals surface area contributed by atoms with Crippen LogP contribution in [0.2, 0.25) is 0 Å². The van der Waals surface area contributed by atoms with Crippen LogP contribution in [0, 0.1) is 6.92 Å². The first-order valence-corrected chi connectivity index (χ1v) is 11.8. The van der Waals surface area contributed by atoms with Gasteiger partial charge in [0.2, 0.25) is 0 Å². The summed E-state index contributed by atoms with van der Waals surface area (Å²) in [5, 5.41) is 0.355. The molecular weight excluding hydrogens is 473 g/mol. The number of carbonyl (C=O) groups excluding carboxylic acids is 3. The Kier molecular flexibility index (Phi) is 10.7. The van der Waals surface area contributed by atoms with Crippen LogP contribution in [0.5, 0.6) is 0 Å². The fourth-order valence-corrected chi connectivity index (χ4v) is 3.90. The van der Waals surface area contributed by atoms with Crippen molar-refractivity contribution in [1.29, 1.82) is 0 Å². The van der Waals surface area contributed by atoms with Crippen LogP contribution in [0.1, 0.15) is 68.8 Å². The first-order chi connectivity index (χ1) is 17.1. The first-order valence-electron chi connectivity index (χ1n) is 11.8. The largest absolute Gasteiger partial charge is 0.416 e. The molecule has 0 N–H and O–H groups in total. The lowest BCUT2D eigenvalue weighted by molar-refractivity contribution is -0.191. The standard InChI is InChI=1S/C26H29F3N2O2.CO2/c1-3-4-5-11-21(32)12-6-7-13-24-30-23-16-18(2)14-15-22(23)25(33)31(24)20-10-8-9-19(17-20)26(27,28)29;2-1-3/h8-10,14-17H,3-7,11-13H2,1-2H3;. The minimum atomic E-state index is -4.51. The quantitative estimate of drug-likeness (QED) is 0.318. The first kappa shape index (κ1) is 28.7. The zero-order chi connectivity index (χ0) is 26.7. The third-order valence-corrected chi connectivity index (χ3v) is 5.69. The molecule has 1 aromatic heterocycles. The summed E-state index contributed by atoms with van der Waals surface area (Å²) in [6, 6.07) is 9.98. The number of fused-ring (bicyclic) bond motifs is 1. The SMILES string of the molecule is CCCCCC(=O)CCCCc1nc2cc(C)ccc2c(=O)n1-c1cccc(C(F)(F)F)c1.O=C=O. The number of carbonyl (C=O) groups is 1. The fourth-order valence-electron chi connectivity index (χ4n) is 3.90. The van der Waals surface area contributed by atoms with Crippen molar-refractivity contribution in [2.24, 2.45) is 0 Å². The number of nitrogens with zero attached hydrogens (tertiary/aromatic N) is 2. The summed E-state index contributed by atoms with van der Waals surface area (Å²) in [5.41, 5.74) is 0.378. The van der Waals surface area contributed by atoms with Crippen molar-refractivity contribution in [3.8, 4) is 5.69 Å². The van der Waals surface area contributed by atoms with Crippen LogP contribution in [-0.4, -0.2) is 21.5 Å². The molecule has 192 valence electrons. The monoisotopic (exact) mass is 502 g/mol. The minimum absolute atomic E-state index is 0.135. The number of halogens is 3. The van der Waals surface area contributed by atoms with E-state index in [0.29, 0.717) is 48.8 Å². The molecule has 0 unspecified atom stereocenters. The number of hydrogen-bond acceptors (Lipinski definition) is 5. The highest BCUT2D eigenvalue weighted by atomic mass is 19.4. The molecule has 0 aliphatic rings. The van der Waals surface area contributed by atoms with Gasteiger partial charge in [0.25, 0.3) is 5.56 Å². The molecule has 0 saturated carbocycles. The molecule has 36 heavy (non-hydrogen) atoms. The van der Waals surface area contributed by atoms with E-state index in [1.165, 1.54) is 16.7 Å². The number of aryl methyl sites for hydroxylation is 2. The summed E-state index contributed by atoms with van der Waals surface area (Å²) in [5.74, 6) is 0.622. The highest BCUT2D eigenvalue weighted by Crippen LogP contribution is 2.30. The number of Topliss-reactive ketones (excluding diaryl/α,β-unsaturated/α-hetero) is 1. The maximum atomic E-state index is 13.3. The summed E-state index contributed by atoms with van der Waals surface area (Å²) in [4.78, 5) is 46.2. The van der Waals surface area contributed by atoms with Crippen LogP contribution in [0.25, 0.3) is 16.6 Å². The van der Waals surface area contributed by atoms with Crippen LogP contribution >= 0.6 is 0 Å². The zero-order valence-corrected chi connectivity index (χ0v) is 20.4. The summed E-state index contributed by atoms with van der Waals surface area (Å²) >= 11 is 0. The maximum absolute atomic E-state index is 13.3. The Labute approximate surface area is 207 Å². The van der Waals surface area contributed by atoms with Gasteiger partial charge in [0.15, 0.2) is 0 Å². The Morgan fingerprint density at radius 2 is 1.67 bits per heavy atom. The molecule has 0 atom stereocenters. The van der Waals surface area contributed by atoms with Crippen LogP contribution in [-0.2, 0) is 27.0 Å². The lowest BCUT2D eigenvalue weighted by atomic mass is 10.1. The Morgan fingerprint density at radius 1 is 1.00 bits per heavy atom. The molecule has 0 spiro atoms. The van der Waals surface area contributed by atoms with E-state index in [9.17, 15) is 22.8 Å². The highest BCUT2D eigenvalue weighted by molar-refractivity contribution is 5.79. The molecule has 3 rings (SSSR count). The van der Waals surface area contributed by atoms with Gasteiger partial charge in [-0.3, -0.25) is 14.2 Å². The lowest BCUT2D eigenvalue weighted by Gasteiger charge is -2.15. The van der Waals surface area contributed by atoms with Crippen molar-refractivity contribution >= 4 is 22.8 Å². The van der Waals surface area contributed by atoms with Crippen molar-refractivity contribution in [2.75, 3.05) is 0 Å². The van der Waals surface area contributed by atoms with Crippen molar-refractivity contribution in [3.05, 3.63) is 69.8 Å². The number of ketones is 1. The van der Waals surface area contributed by atoms with Gasteiger partial charge in [0.1, 0.15) is 11.6 Å². The number of unbranched alkanes of at least 4 members (excludes halogenated alkanes) is 3. The normalized spacial score (nSPS) is 11.0. The average Bonchev–Trinajstić information content (AvgIpc) is 2.82. The summed E-state index contributed by atoms with van der Waals surface area (Å²) in [6.45, 7) is 3.98. The molecule has 9 heteroatoms. The van der Waals surface area contributed by atoms with E-state index < -0.39 is 17.3 Å². The van der Waals surface area contributed by atoms with Gasteiger partial charge in [-0.2, -0.15) is 22.8 Å². The average molecular weight is 503 g/mol. The molecule has 2 aromatic carbocycles. The van der Waals surface area contributed by atoms with Crippen LogP contribution in [0.15, 0.2) is 47.3 Å². The minimum Gasteiger partial charge on any atom is -0.300 e. The van der Waals surface area contributed by atoms with E-state index in [0.717, 1.165) is 37.0 Å². The molecule has 3 aromatic rings. The predicted molar refractivity (Wildman–Crippen MR) is 129 cm³/mol. The van der Waals surface area contributed by atoms with E-state index in [-0.39, 0.29) is 17.6 Å². The predicted octanol–water partition coefficient (Wildman–Crippen LogP) is 5.99. The number of rotatable bonds is 10. The Morgan fingerprint density at radius 3 is 2.31 bits per heavy atom. The molecule has 1 heterocycles. The Hall–Kier alpha value is -3.58. The van der Waals surface area contributed by atoms with Crippen LogP contribution in [0.3, 0.4) is 0 Å². The van der Waals surface area contributed by atoms with Crippen molar-refractivity contribution in [1.82, 2.24) is 9.55 Å². The van der Waals surface area contributed by atoms with Crippen molar-refractivity contribution in [2.45, 2.75) is 71.4 Å². The molecule has 0 fully saturated rings. The molecule has 0 radical (unpaired) electrons. The summed E-state index contributed by atoms with van der Waals surface area (Å²) in [6.07, 6.45) is 1.42. The molecule has 0 aliphatic carbocycles. The molecule has 0 saturated heterocycles. The smallest absolute Gasteiger partial charge is 0.300 e. The number of hydrogen-bond donors (Lipinski definition) is 0. The van der Waals surface area contributed by atoms with Gasteiger partial charge in [-0.1, -0.05) is 31.9 Å². The molecular formula is C27H29F3N2O4. The second kappa shape index (κ2) is 13.5. The van der Waals surface area contributed by atoms with Gasteiger partial charge in [0, 0.05) is 19.3 Å². The summed E-state index contributed by atoms with van der Waals surface area (Å²) < 4.78 is 41.1.